The Morgan fingerprint density at radius 3 is 3.20 bits per heavy atom. The van der Waals surface area contributed by atoms with Crippen LogP contribution in [0.25, 0.3) is 0 Å². The lowest BCUT2D eigenvalue weighted by Gasteiger charge is -2.24. The molecule has 6 heteroatoms. The van der Waals surface area contributed by atoms with E-state index in [1.165, 1.54) is 0 Å². The van der Waals surface area contributed by atoms with Crippen LogP contribution in [-0.4, -0.2) is 30.9 Å². The Bertz CT molecular complexity index is 536. The predicted molar refractivity (Wildman–Crippen MR) is 86.2 cm³/mol. The molecule has 1 aliphatic heterocycles. The molecule has 1 aromatic rings. The first-order valence-corrected chi connectivity index (χ1v) is 7.65. The summed E-state index contributed by atoms with van der Waals surface area (Å²) in [5, 5.41) is 3.02. The first-order valence-electron chi connectivity index (χ1n) is 6.41. The smallest absolute Gasteiger partial charge is 0.247 e. The summed E-state index contributed by atoms with van der Waals surface area (Å²) in [4.78, 5) is 14.3. The van der Waals surface area contributed by atoms with E-state index in [1.807, 2.05) is 22.3 Å². The monoisotopic (exact) mass is 387 g/mol. The van der Waals surface area contributed by atoms with Crippen molar-refractivity contribution < 1.29 is 9.21 Å². The second-order valence-corrected chi connectivity index (χ2v) is 5.32. The van der Waals surface area contributed by atoms with Gasteiger partial charge in [0.05, 0.1) is 12.8 Å². The highest BCUT2D eigenvalue weighted by Gasteiger charge is 2.32. The molecule has 5 nitrogen and oxygen atoms in total. The highest BCUT2D eigenvalue weighted by atomic mass is 127. The minimum atomic E-state index is -0.435. The molecule has 2 rings (SSSR count). The third kappa shape index (κ3) is 3.24. The lowest BCUT2D eigenvalue weighted by atomic mass is 10.1. The SMILES string of the molecule is CNC1C(=O)N(C/C(N)=C/C=C\I)CCc2ccoc21. The average Bonchev–Trinajstić information content (AvgIpc) is 2.85. The Hall–Kier alpha value is -1.28. The third-order valence-electron chi connectivity index (χ3n) is 3.30. The molecule has 1 unspecified atom stereocenters. The van der Waals surface area contributed by atoms with E-state index in [0.29, 0.717) is 18.8 Å². The standard InChI is InChI=1S/C14H18IN3O2/c1-17-12-13-10(5-8-20-13)4-7-18(14(12)19)9-11(16)3-2-6-15/h2-3,5-6,8,12,17H,4,7,9,16H2,1H3/b6-2-,11-3-. The number of allylic oxidation sites excluding steroid dienone is 2. The molecule has 0 aliphatic carbocycles. The number of nitrogens with two attached hydrogens (primary N) is 1. The molecule has 0 bridgehead atoms. The van der Waals surface area contributed by atoms with Gasteiger partial charge in [0, 0.05) is 12.2 Å². The van der Waals surface area contributed by atoms with Crippen molar-refractivity contribution >= 4 is 28.5 Å². The summed E-state index contributed by atoms with van der Waals surface area (Å²) in [6.45, 7) is 1.08. The average molecular weight is 387 g/mol. The quantitative estimate of drug-likeness (QED) is 0.610. The molecule has 0 spiro atoms. The zero-order valence-electron chi connectivity index (χ0n) is 11.3. The van der Waals surface area contributed by atoms with Gasteiger partial charge in [-0.3, -0.25) is 4.79 Å². The summed E-state index contributed by atoms with van der Waals surface area (Å²) in [5.41, 5.74) is 7.68. The van der Waals surface area contributed by atoms with Crippen LogP contribution >= 0.6 is 22.6 Å². The fourth-order valence-corrected chi connectivity index (χ4v) is 2.52. The number of carbonyl (C=O) groups excluding carboxylic acids is 1. The van der Waals surface area contributed by atoms with E-state index in [-0.39, 0.29) is 5.91 Å². The van der Waals surface area contributed by atoms with E-state index in [1.54, 1.807) is 18.2 Å². The van der Waals surface area contributed by atoms with Crippen LogP contribution in [0.4, 0.5) is 0 Å². The third-order valence-corrected chi connectivity index (χ3v) is 3.71. The number of rotatable bonds is 4. The van der Waals surface area contributed by atoms with Crippen molar-refractivity contribution in [3.63, 3.8) is 0 Å². The Morgan fingerprint density at radius 1 is 1.70 bits per heavy atom. The molecule has 0 saturated carbocycles. The van der Waals surface area contributed by atoms with Gasteiger partial charge in [-0.1, -0.05) is 28.7 Å². The number of hydrogen-bond donors (Lipinski definition) is 2. The second kappa shape index (κ2) is 6.94. The summed E-state index contributed by atoms with van der Waals surface area (Å²) in [5.74, 6) is 0.714. The van der Waals surface area contributed by atoms with Crippen LogP contribution < -0.4 is 11.1 Å². The van der Waals surface area contributed by atoms with Gasteiger partial charge in [0.15, 0.2) is 0 Å². The minimum absolute atomic E-state index is 0.00370. The molecule has 0 radical (unpaired) electrons. The molecule has 0 aromatic carbocycles. The van der Waals surface area contributed by atoms with E-state index in [4.69, 9.17) is 10.2 Å². The van der Waals surface area contributed by atoms with Crippen LogP contribution in [0.5, 0.6) is 0 Å². The molecular formula is C14H18IN3O2. The fraction of sp³-hybridized carbons (Fsp3) is 0.357. The van der Waals surface area contributed by atoms with Crippen LogP contribution in [0.3, 0.4) is 0 Å². The van der Waals surface area contributed by atoms with Gasteiger partial charge in [-0.05, 0) is 35.3 Å². The van der Waals surface area contributed by atoms with Crippen molar-refractivity contribution in [3.05, 3.63) is 45.6 Å². The van der Waals surface area contributed by atoms with Gasteiger partial charge in [0.25, 0.3) is 0 Å². The molecule has 20 heavy (non-hydrogen) atoms. The van der Waals surface area contributed by atoms with E-state index in [0.717, 1.165) is 17.7 Å². The van der Waals surface area contributed by atoms with Gasteiger partial charge >= 0.3 is 0 Å². The van der Waals surface area contributed by atoms with Gasteiger partial charge in [0.2, 0.25) is 5.91 Å². The van der Waals surface area contributed by atoms with Gasteiger partial charge in [-0.2, -0.15) is 0 Å². The maximum absolute atomic E-state index is 12.5. The van der Waals surface area contributed by atoms with E-state index in [2.05, 4.69) is 27.9 Å². The number of nitrogens with one attached hydrogen (secondary N) is 1. The first kappa shape index (κ1) is 15.1. The number of amides is 1. The molecule has 1 atom stereocenters. The minimum Gasteiger partial charge on any atom is -0.467 e. The maximum Gasteiger partial charge on any atom is 0.247 e. The molecule has 1 aliphatic rings. The Morgan fingerprint density at radius 2 is 2.50 bits per heavy atom. The van der Waals surface area contributed by atoms with E-state index in [9.17, 15) is 4.79 Å². The number of halogens is 1. The molecule has 108 valence electrons. The van der Waals surface area contributed by atoms with Gasteiger partial charge in [-0.25, -0.2) is 0 Å². The van der Waals surface area contributed by atoms with Crippen LogP contribution in [0, 0.1) is 0 Å². The lowest BCUT2D eigenvalue weighted by Crippen LogP contribution is -2.40. The lowest BCUT2D eigenvalue weighted by molar-refractivity contribution is -0.133. The van der Waals surface area contributed by atoms with Crippen LogP contribution in [-0.2, 0) is 11.2 Å². The number of fused-ring (bicyclic) bond motifs is 1. The molecule has 1 amide bonds. The maximum atomic E-state index is 12.5. The van der Waals surface area contributed by atoms with Crippen LogP contribution in [0.15, 0.2) is 38.7 Å². The normalized spacial score (nSPS) is 20.3. The molecule has 0 fully saturated rings. The number of likely N-dealkylation sites (N-methyl/N-ethyl adjacent to an activating group) is 1. The fourth-order valence-electron chi connectivity index (χ4n) is 2.31. The van der Waals surface area contributed by atoms with Crippen LogP contribution in [0.2, 0.25) is 0 Å². The highest BCUT2D eigenvalue weighted by molar-refractivity contribution is 14.1. The van der Waals surface area contributed by atoms with Crippen molar-refractivity contribution in [2.24, 2.45) is 5.73 Å². The van der Waals surface area contributed by atoms with Crippen molar-refractivity contribution in [3.8, 4) is 0 Å². The van der Waals surface area contributed by atoms with Gasteiger partial charge in [0.1, 0.15) is 11.8 Å². The number of carbonyl (C=O) groups is 1. The highest BCUT2D eigenvalue weighted by Crippen LogP contribution is 2.25. The summed E-state index contributed by atoms with van der Waals surface area (Å²) in [6, 6.07) is 1.49. The molecule has 2 heterocycles. The number of nitrogens with zero attached hydrogens (tertiary/aromatic N) is 1. The summed E-state index contributed by atoms with van der Waals surface area (Å²) >= 11 is 2.13. The van der Waals surface area contributed by atoms with Gasteiger partial charge in [-0.15, -0.1) is 0 Å². The molecule has 0 saturated heterocycles. The molecular weight excluding hydrogens is 369 g/mol. The van der Waals surface area contributed by atoms with Crippen molar-refractivity contribution in [1.29, 1.82) is 0 Å². The van der Waals surface area contributed by atoms with Crippen molar-refractivity contribution in [1.82, 2.24) is 10.2 Å². The summed E-state index contributed by atoms with van der Waals surface area (Å²) in [7, 11) is 1.76. The van der Waals surface area contributed by atoms with Crippen molar-refractivity contribution in [2.75, 3.05) is 20.1 Å². The predicted octanol–water partition coefficient (Wildman–Crippen LogP) is 1.72. The van der Waals surface area contributed by atoms with Crippen molar-refractivity contribution in [2.45, 2.75) is 12.5 Å². The zero-order valence-corrected chi connectivity index (χ0v) is 13.5. The van der Waals surface area contributed by atoms with Gasteiger partial charge < -0.3 is 20.4 Å². The van der Waals surface area contributed by atoms with E-state index < -0.39 is 6.04 Å². The molecule has 3 N–H and O–H groups in total. The Kier molecular flexibility index (Phi) is 5.24. The second-order valence-electron chi connectivity index (χ2n) is 4.60. The number of furan rings is 1. The summed E-state index contributed by atoms with van der Waals surface area (Å²) < 4.78 is 7.34. The Labute approximate surface area is 132 Å². The van der Waals surface area contributed by atoms with E-state index >= 15 is 0 Å². The summed E-state index contributed by atoms with van der Waals surface area (Å²) in [6.07, 6.45) is 6.09. The largest absolute Gasteiger partial charge is 0.467 e. The number of hydrogen-bond acceptors (Lipinski definition) is 4. The topological polar surface area (TPSA) is 71.5 Å². The zero-order chi connectivity index (χ0) is 14.5. The Balaban J connectivity index is 2.17. The van der Waals surface area contributed by atoms with Crippen LogP contribution in [0.1, 0.15) is 17.4 Å². The molecule has 1 aromatic heterocycles. The first-order chi connectivity index (χ1) is 9.67.